The molecule has 0 aliphatic heterocycles. The van der Waals surface area contributed by atoms with Gasteiger partial charge in [-0.15, -0.1) is 0 Å². The molecule has 7 aromatic carbocycles. The van der Waals surface area contributed by atoms with Crippen LogP contribution in [0.15, 0.2) is 197 Å². The smallest absolute Gasteiger partial charge is 0.227 e. The highest BCUT2D eigenvalue weighted by molar-refractivity contribution is 5.88. The summed E-state index contributed by atoms with van der Waals surface area (Å²) in [6, 6.07) is 59.6. The van der Waals surface area contributed by atoms with Crippen LogP contribution in [0.3, 0.4) is 0 Å². The fraction of sp³-hybridized carbons (Fsp3) is 0.111. The van der Waals surface area contributed by atoms with E-state index in [1.807, 2.05) is 48.5 Å². The van der Waals surface area contributed by atoms with Crippen molar-refractivity contribution in [1.29, 1.82) is 0 Å². The van der Waals surface area contributed by atoms with Gasteiger partial charge in [-0.05, 0) is 133 Å². The van der Waals surface area contributed by atoms with Gasteiger partial charge in [0.2, 0.25) is 11.8 Å². The maximum Gasteiger partial charge on any atom is 0.227 e. The lowest BCUT2D eigenvalue weighted by Crippen LogP contribution is -2.42. The van der Waals surface area contributed by atoms with E-state index < -0.39 is 0 Å². The van der Waals surface area contributed by atoms with Gasteiger partial charge < -0.3 is 18.6 Å². The molecule has 9 aromatic rings. The Balaban J connectivity index is 0.942. The highest BCUT2D eigenvalue weighted by atomic mass is 16.4. The molecule has 0 saturated heterocycles. The topological polar surface area (TPSA) is 58.5 Å². The Hall–Kier alpha value is -7.44. The van der Waals surface area contributed by atoms with Crippen LogP contribution in [0.4, 0.5) is 28.4 Å². The summed E-state index contributed by atoms with van der Waals surface area (Å²) in [7, 11) is 0. The van der Waals surface area contributed by atoms with Crippen molar-refractivity contribution in [2.45, 2.75) is 38.1 Å². The second-order valence-electron chi connectivity index (χ2n) is 16.5. The molecule has 0 bridgehead atoms. The van der Waals surface area contributed by atoms with Gasteiger partial charge in [-0.3, -0.25) is 0 Å². The standard InChI is InChI=1S/C54H42N4O2/c1-53(2)45-34-41(57(38-14-6-4-7-15-38)39-24-22-36(23-25-39)51-55-47-18-10-12-20-49(47)59-51)26-28-43(45)44-29-27-42(35-46(44)53)58(40-16-8-5-9-17-40)54(3)32-30-37(31-33-54)52-56-48-19-11-13-21-50(48)60-52/h4-32,34-35H,33H2,1-3H3. The average molecular weight is 779 g/mol. The largest absolute Gasteiger partial charge is 0.436 e. The van der Waals surface area contributed by atoms with E-state index in [1.54, 1.807) is 0 Å². The first-order valence-corrected chi connectivity index (χ1v) is 20.5. The molecule has 0 amide bonds. The van der Waals surface area contributed by atoms with Crippen molar-refractivity contribution >= 4 is 56.2 Å². The summed E-state index contributed by atoms with van der Waals surface area (Å²) in [4.78, 5) is 14.3. The molecule has 0 N–H and O–H groups in total. The van der Waals surface area contributed by atoms with Crippen LogP contribution in [0, 0.1) is 0 Å². The molecule has 0 fully saturated rings. The second kappa shape index (κ2) is 13.8. The Morgan fingerprint density at radius 2 is 1.02 bits per heavy atom. The molecular weight excluding hydrogens is 737 g/mol. The number of fused-ring (bicyclic) bond motifs is 5. The summed E-state index contributed by atoms with van der Waals surface area (Å²) in [5.41, 5.74) is 15.3. The van der Waals surface area contributed by atoms with Gasteiger partial charge >= 0.3 is 0 Å². The molecule has 0 saturated carbocycles. The lowest BCUT2D eigenvalue weighted by Gasteiger charge is -2.42. The number of rotatable bonds is 8. The van der Waals surface area contributed by atoms with E-state index in [0.29, 0.717) is 11.8 Å². The van der Waals surface area contributed by atoms with Crippen molar-refractivity contribution in [3.05, 3.63) is 205 Å². The first-order chi connectivity index (χ1) is 29.3. The van der Waals surface area contributed by atoms with Gasteiger partial charge in [-0.1, -0.05) is 105 Å². The van der Waals surface area contributed by atoms with E-state index in [2.05, 4.69) is 170 Å². The van der Waals surface area contributed by atoms with E-state index in [9.17, 15) is 0 Å². The number of oxazole rings is 2. The van der Waals surface area contributed by atoms with Crippen LogP contribution < -0.4 is 9.80 Å². The van der Waals surface area contributed by atoms with Crippen LogP contribution in [0.5, 0.6) is 0 Å². The van der Waals surface area contributed by atoms with Crippen molar-refractivity contribution in [2.24, 2.45) is 0 Å². The quantitative estimate of drug-likeness (QED) is 0.153. The normalized spacial score (nSPS) is 16.4. The van der Waals surface area contributed by atoms with Crippen LogP contribution in [0.2, 0.25) is 0 Å². The predicted molar refractivity (Wildman–Crippen MR) is 244 cm³/mol. The first kappa shape index (κ1) is 35.7. The van der Waals surface area contributed by atoms with Crippen LogP contribution in [-0.2, 0) is 5.41 Å². The Bertz CT molecular complexity index is 3060. The van der Waals surface area contributed by atoms with E-state index in [-0.39, 0.29) is 11.0 Å². The minimum atomic E-state index is -0.347. The molecule has 2 heterocycles. The highest BCUT2D eigenvalue weighted by Gasteiger charge is 2.39. The summed E-state index contributed by atoms with van der Waals surface area (Å²) in [6.07, 6.45) is 7.51. The second-order valence-corrected chi connectivity index (χ2v) is 16.5. The fourth-order valence-electron chi connectivity index (χ4n) is 9.12. The number of hydrogen-bond acceptors (Lipinski definition) is 6. The van der Waals surface area contributed by atoms with Crippen molar-refractivity contribution in [3.8, 4) is 22.6 Å². The number of allylic oxidation sites excluding steroid dienone is 2. The third-order valence-corrected chi connectivity index (χ3v) is 12.3. The maximum atomic E-state index is 6.16. The number of aromatic nitrogens is 2. The predicted octanol–water partition coefficient (Wildman–Crippen LogP) is 14.4. The number of anilines is 5. The molecule has 6 heteroatoms. The van der Waals surface area contributed by atoms with E-state index in [0.717, 1.165) is 68.2 Å². The molecule has 1 atom stereocenters. The molecule has 0 radical (unpaired) electrons. The summed E-state index contributed by atoms with van der Waals surface area (Å²) in [5.74, 6) is 1.27. The van der Waals surface area contributed by atoms with Crippen molar-refractivity contribution in [1.82, 2.24) is 9.97 Å². The molecule has 60 heavy (non-hydrogen) atoms. The van der Waals surface area contributed by atoms with Gasteiger partial charge in [0.25, 0.3) is 0 Å². The lowest BCUT2D eigenvalue weighted by atomic mass is 9.81. The third kappa shape index (κ3) is 5.94. The minimum Gasteiger partial charge on any atom is -0.436 e. The molecule has 2 aromatic heterocycles. The van der Waals surface area contributed by atoms with Gasteiger partial charge in [0, 0.05) is 45.0 Å². The van der Waals surface area contributed by atoms with E-state index >= 15 is 0 Å². The zero-order valence-electron chi connectivity index (χ0n) is 33.7. The van der Waals surface area contributed by atoms with Crippen LogP contribution >= 0.6 is 0 Å². The average Bonchev–Trinajstić information content (AvgIpc) is 3.98. The first-order valence-electron chi connectivity index (χ1n) is 20.5. The summed E-state index contributed by atoms with van der Waals surface area (Å²) in [6.45, 7) is 7.03. The Morgan fingerprint density at radius 3 is 1.63 bits per heavy atom. The van der Waals surface area contributed by atoms with Gasteiger partial charge in [-0.2, -0.15) is 0 Å². The molecule has 1 unspecified atom stereocenters. The Morgan fingerprint density at radius 1 is 0.500 bits per heavy atom. The molecular formula is C54H42N4O2. The summed E-state index contributed by atoms with van der Waals surface area (Å²) in [5, 5.41) is 0. The van der Waals surface area contributed by atoms with E-state index in [4.69, 9.17) is 18.8 Å². The van der Waals surface area contributed by atoms with Crippen molar-refractivity contribution in [2.75, 3.05) is 9.80 Å². The monoisotopic (exact) mass is 778 g/mol. The molecule has 11 rings (SSSR count). The number of hydrogen-bond donors (Lipinski definition) is 0. The number of para-hydroxylation sites is 6. The summed E-state index contributed by atoms with van der Waals surface area (Å²) < 4.78 is 12.3. The minimum absolute atomic E-state index is 0.262. The molecule has 290 valence electrons. The maximum absolute atomic E-state index is 6.16. The molecule has 6 nitrogen and oxygen atoms in total. The third-order valence-electron chi connectivity index (χ3n) is 12.3. The zero-order valence-corrected chi connectivity index (χ0v) is 33.7. The van der Waals surface area contributed by atoms with Gasteiger partial charge in [0.15, 0.2) is 11.2 Å². The van der Waals surface area contributed by atoms with Crippen LogP contribution in [0.1, 0.15) is 44.2 Å². The number of nitrogens with zero attached hydrogens (tertiary/aromatic N) is 4. The fourth-order valence-corrected chi connectivity index (χ4v) is 9.12. The van der Waals surface area contributed by atoms with Gasteiger partial charge in [-0.25, -0.2) is 9.97 Å². The van der Waals surface area contributed by atoms with Crippen LogP contribution in [0.25, 0.3) is 50.4 Å². The molecule has 2 aliphatic rings. The van der Waals surface area contributed by atoms with Gasteiger partial charge in [0.1, 0.15) is 11.0 Å². The molecule has 0 spiro atoms. The van der Waals surface area contributed by atoms with Crippen LogP contribution in [-0.4, -0.2) is 15.5 Å². The highest BCUT2D eigenvalue weighted by Crippen LogP contribution is 2.53. The Kier molecular flexibility index (Phi) is 8.24. The SMILES string of the molecule is CC1(C)c2cc(N(c3ccccc3)c3ccc(-c4nc5ccccc5o4)cc3)ccc2-c2ccc(N(c3ccccc3)C3(C)C=CC(c4nc5ccccc5o4)=CC3)cc21. The van der Waals surface area contributed by atoms with Gasteiger partial charge in [0.05, 0.1) is 5.54 Å². The molecule has 2 aliphatic carbocycles. The zero-order chi connectivity index (χ0) is 40.4. The van der Waals surface area contributed by atoms with Crippen molar-refractivity contribution < 1.29 is 8.83 Å². The Labute approximate surface area is 349 Å². The van der Waals surface area contributed by atoms with Crippen molar-refractivity contribution in [3.63, 3.8) is 0 Å². The number of benzene rings is 7. The summed E-state index contributed by atoms with van der Waals surface area (Å²) >= 11 is 0. The lowest BCUT2D eigenvalue weighted by molar-refractivity contribution is 0.561. The van der Waals surface area contributed by atoms with E-state index in [1.165, 1.54) is 22.3 Å².